The Morgan fingerprint density at radius 1 is 1.33 bits per heavy atom. The van der Waals surface area contributed by atoms with E-state index in [1.54, 1.807) is 0 Å². The van der Waals surface area contributed by atoms with Crippen molar-refractivity contribution in [1.82, 2.24) is 10.6 Å². The molecule has 0 amide bonds. The molecule has 0 aromatic carbocycles. The zero-order valence-electron chi connectivity index (χ0n) is 9.88. The molecular weight excluding hydrogens is 212 g/mol. The maximum atomic E-state index is 8.89. The van der Waals surface area contributed by atoms with E-state index in [1.165, 1.54) is 12.8 Å². The fraction of sp³-hybridized carbons (Fsp3) is 1.00. The van der Waals surface area contributed by atoms with Crippen LogP contribution in [-0.2, 0) is 0 Å². The minimum atomic E-state index is 0. The molecule has 0 atom stereocenters. The molecule has 1 heterocycles. The molecule has 0 saturated carbocycles. The molecule has 3 nitrogen and oxygen atoms in total. The Hall–Kier alpha value is 0.170. The van der Waals surface area contributed by atoms with Gasteiger partial charge in [0.05, 0.1) is 0 Å². The van der Waals surface area contributed by atoms with Crippen LogP contribution in [-0.4, -0.2) is 36.9 Å². The van der Waals surface area contributed by atoms with Gasteiger partial charge in [0.25, 0.3) is 0 Å². The van der Waals surface area contributed by atoms with E-state index in [2.05, 4.69) is 24.5 Å². The Morgan fingerprint density at radius 3 is 2.47 bits per heavy atom. The minimum Gasteiger partial charge on any atom is -0.396 e. The van der Waals surface area contributed by atoms with Gasteiger partial charge in [-0.15, -0.1) is 12.4 Å². The van der Waals surface area contributed by atoms with Gasteiger partial charge in [-0.05, 0) is 58.7 Å². The third-order valence-corrected chi connectivity index (χ3v) is 3.06. The van der Waals surface area contributed by atoms with E-state index in [0.717, 1.165) is 32.0 Å². The summed E-state index contributed by atoms with van der Waals surface area (Å²) < 4.78 is 0. The molecule has 1 saturated heterocycles. The number of piperidine rings is 1. The highest BCUT2D eigenvalue weighted by atomic mass is 35.5. The third-order valence-electron chi connectivity index (χ3n) is 3.06. The summed E-state index contributed by atoms with van der Waals surface area (Å²) in [5.74, 6) is 0.814. The molecular formula is C11H25ClN2O. The molecule has 1 aliphatic rings. The van der Waals surface area contributed by atoms with E-state index in [9.17, 15) is 0 Å². The zero-order valence-corrected chi connectivity index (χ0v) is 10.7. The first-order valence-electron chi connectivity index (χ1n) is 5.71. The van der Waals surface area contributed by atoms with Crippen LogP contribution in [0.1, 0.15) is 33.1 Å². The van der Waals surface area contributed by atoms with Crippen LogP contribution < -0.4 is 10.6 Å². The number of rotatable bonds is 5. The molecule has 0 aromatic rings. The Balaban J connectivity index is 0.00000196. The van der Waals surface area contributed by atoms with Gasteiger partial charge in [0.15, 0.2) is 0 Å². The molecule has 0 aliphatic carbocycles. The van der Waals surface area contributed by atoms with Gasteiger partial charge in [0.1, 0.15) is 0 Å². The largest absolute Gasteiger partial charge is 0.396 e. The van der Waals surface area contributed by atoms with E-state index in [-0.39, 0.29) is 24.6 Å². The Labute approximate surface area is 99.4 Å². The van der Waals surface area contributed by atoms with Gasteiger partial charge < -0.3 is 15.7 Å². The molecule has 0 bridgehead atoms. The molecule has 0 unspecified atom stereocenters. The van der Waals surface area contributed by atoms with Crippen molar-refractivity contribution < 1.29 is 5.11 Å². The number of hydrogen-bond acceptors (Lipinski definition) is 3. The van der Waals surface area contributed by atoms with Crippen LogP contribution in [0.3, 0.4) is 0 Å². The molecule has 1 rings (SSSR count). The second kappa shape index (κ2) is 7.44. The van der Waals surface area contributed by atoms with Crippen LogP contribution in [0, 0.1) is 5.92 Å². The average Bonchev–Trinajstić information content (AvgIpc) is 2.17. The van der Waals surface area contributed by atoms with Crippen molar-refractivity contribution in [2.24, 2.45) is 5.92 Å². The van der Waals surface area contributed by atoms with Crippen molar-refractivity contribution in [1.29, 1.82) is 0 Å². The Bertz CT molecular complexity index is 159. The monoisotopic (exact) mass is 236 g/mol. The highest BCUT2D eigenvalue weighted by Gasteiger charge is 2.19. The Kier molecular flexibility index (Phi) is 7.53. The maximum Gasteiger partial charge on any atom is 0.0448 e. The van der Waals surface area contributed by atoms with E-state index in [0.29, 0.717) is 0 Å². The molecule has 15 heavy (non-hydrogen) atoms. The number of nitrogens with one attached hydrogen (secondary N) is 2. The van der Waals surface area contributed by atoms with Crippen LogP contribution in [0.4, 0.5) is 0 Å². The summed E-state index contributed by atoms with van der Waals surface area (Å²) in [5, 5.41) is 15.8. The first-order chi connectivity index (χ1) is 6.64. The standard InChI is InChI=1S/C11H24N2O.ClH/c1-11(2,5-8-14)13-9-10-3-6-12-7-4-10;/h10,12-14H,3-9H2,1-2H3;1H. The lowest BCUT2D eigenvalue weighted by molar-refractivity contribution is 0.219. The van der Waals surface area contributed by atoms with Gasteiger partial charge in [-0.2, -0.15) is 0 Å². The summed E-state index contributed by atoms with van der Waals surface area (Å²) in [4.78, 5) is 0. The molecule has 1 fully saturated rings. The van der Waals surface area contributed by atoms with E-state index in [4.69, 9.17) is 5.11 Å². The molecule has 4 heteroatoms. The van der Waals surface area contributed by atoms with Gasteiger partial charge in [-0.3, -0.25) is 0 Å². The second-order valence-electron chi connectivity index (χ2n) is 4.93. The van der Waals surface area contributed by atoms with Gasteiger partial charge in [0.2, 0.25) is 0 Å². The third kappa shape index (κ3) is 6.36. The van der Waals surface area contributed by atoms with Crippen molar-refractivity contribution in [3.8, 4) is 0 Å². The topological polar surface area (TPSA) is 44.3 Å². The van der Waals surface area contributed by atoms with E-state index in [1.807, 2.05) is 0 Å². The molecule has 0 spiro atoms. The molecule has 0 radical (unpaired) electrons. The number of aliphatic hydroxyl groups excluding tert-OH is 1. The van der Waals surface area contributed by atoms with E-state index < -0.39 is 0 Å². The smallest absolute Gasteiger partial charge is 0.0448 e. The normalized spacial score (nSPS) is 18.6. The number of aliphatic hydroxyl groups is 1. The van der Waals surface area contributed by atoms with Crippen molar-refractivity contribution in [2.45, 2.75) is 38.6 Å². The van der Waals surface area contributed by atoms with Crippen LogP contribution in [0.5, 0.6) is 0 Å². The van der Waals surface area contributed by atoms with Crippen LogP contribution >= 0.6 is 12.4 Å². The SMILES string of the molecule is CC(C)(CCO)NCC1CCNCC1.Cl. The molecule has 1 aliphatic heterocycles. The fourth-order valence-corrected chi connectivity index (χ4v) is 1.87. The summed E-state index contributed by atoms with van der Waals surface area (Å²) in [5.41, 5.74) is 0.0830. The second-order valence-corrected chi connectivity index (χ2v) is 4.93. The quantitative estimate of drug-likeness (QED) is 0.671. The summed E-state index contributed by atoms with van der Waals surface area (Å²) >= 11 is 0. The lowest BCUT2D eigenvalue weighted by Crippen LogP contribution is -2.44. The van der Waals surface area contributed by atoms with Crippen LogP contribution in [0.15, 0.2) is 0 Å². The fourth-order valence-electron chi connectivity index (χ4n) is 1.87. The van der Waals surface area contributed by atoms with Gasteiger partial charge in [-0.25, -0.2) is 0 Å². The van der Waals surface area contributed by atoms with Gasteiger partial charge in [0, 0.05) is 12.1 Å². The lowest BCUT2D eigenvalue weighted by atomic mass is 9.95. The van der Waals surface area contributed by atoms with Crippen LogP contribution in [0.2, 0.25) is 0 Å². The first-order valence-corrected chi connectivity index (χ1v) is 5.71. The highest BCUT2D eigenvalue weighted by molar-refractivity contribution is 5.85. The molecule has 0 aromatic heterocycles. The molecule has 3 N–H and O–H groups in total. The summed E-state index contributed by atoms with van der Waals surface area (Å²) in [7, 11) is 0. The highest BCUT2D eigenvalue weighted by Crippen LogP contribution is 2.13. The summed E-state index contributed by atoms with van der Waals surface area (Å²) in [6, 6.07) is 0. The van der Waals surface area contributed by atoms with Crippen molar-refractivity contribution in [3.05, 3.63) is 0 Å². The van der Waals surface area contributed by atoms with Crippen molar-refractivity contribution in [2.75, 3.05) is 26.2 Å². The zero-order chi connectivity index (χ0) is 10.4. The predicted molar refractivity (Wildman–Crippen MR) is 66.6 cm³/mol. The van der Waals surface area contributed by atoms with E-state index >= 15 is 0 Å². The number of hydrogen-bond donors (Lipinski definition) is 3. The predicted octanol–water partition coefficient (Wildman–Crippen LogP) is 1.16. The minimum absolute atomic E-state index is 0. The van der Waals surface area contributed by atoms with Gasteiger partial charge in [-0.1, -0.05) is 0 Å². The first kappa shape index (κ1) is 15.2. The summed E-state index contributed by atoms with van der Waals surface area (Å²) in [6.45, 7) is 8.00. The number of halogens is 1. The van der Waals surface area contributed by atoms with Crippen molar-refractivity contribution >= 4 is 12.4 Å². The summed E-state index contributed by atoms with van der Waals surface area (Å²) in [6.07, 6.45) is 3.39. The van der Waals surface area contributed by atoms with Crippen LogP contribution in [0.25, 0.3) is 0 Å². The average molecular weight is 237 g/mol. The Morgan fingerprint density at radius 2 is 1.93 bits per heavy atom. The molecule has 92 valence electrons. The van der Waals surface area contributed by atoms with Crippen molar-refractivity contribution in [3.63, 3.8) is 0 Å². The lowest BCUT2D eigenvalue weighted by Gasteiger charge is -2.30. The van der Waals surface area contributed by atoms with Gasteiger partial charge >= 0.3 is 0 Å². The maximum absolute atomic E-state index is 8.89.